The Bertz CT molecular complexity index is 1330. The minimum atomic E-state index is -3.51. The lowest BCUT2D eigenvalue weighted by Crippen LogP contribution is -2.15. The zero-order chi connectivity index (χ0) is 22.0. The van der Waals surface area contributed by atoms with Crippen LogP contribution in [0.2, 0.25) is 0 Å². The Morgan fingerprint density at radius 2 is 1.90 bits per heavy atom. The maximum Gasteiger partial charge on any atom is 0.232 e. The molecule has 7 nitrogen and oxygen atoms in total. The molecule has 1 aromatic heterocycles. The van der Waals surface area contributed by atoms with Gasteiger partial charge in [0.05, 0.1) is 22.3 Å². The summed E-state index contributed by atoms with van der Waals surface area (Å²) in [6, 6.07) is 16.8. The van der Waals surface area contributed by atoms with Crippen LogP contribution in [0, 0.1) is 5.82 Å². The number of nitrogen functional groups attached to an aromatic ring is 1. The fraction of sp³-hybridized carbons (Fsp3) is 0.136. The molecule has 4 N–H and O–H groups in total. The van der Waals surface area contributed by atoms with Gasteiger partial charge in [0.25, 0.3) is 0 Å². The Labute approximate surface area is 179 Å². The normalized spacial score (nSPS) is 11.5. The van der Waals surface area contributed by atoms with Crippen LogP contribution in [-0.2, 0) is 16.6 Å². The fourth-order valence-corrected chi connectivity index (χ4v) is 3.86. The van der Waals surface area contributed by atoms with Crippen molar-refractivity contribution in [3.05, 3.63) is 72.0 Å². The van der Waals surface area contributed by atoms with Crippen molar-refractivity contribution in [1.82, 2.24) is 10.2 Å². The topological polar surface area (TPSA) is 110 Å². The molecule has 0 amide bonds. The molecular formula is C22H21FN4O3S. The van der Waals surface area contributed by atoms with Gasteiger partial charge in [0, 0.05) is 0 Å². The summed E-state index contributed by atoms with van der Waals surface area (Å²) in [7, 11) is -3.51. The number of sulfonamides is 1. The summed E-state index contributed by atoms with van der Waals surface area (Å²) in [5, 5.41) is 7.72. The average molecular weight is 441 g/mol. The van der Waals surface area contributed by atoms with Crippen LogP contribution in [0.3, 0.4) is 0 Å². The molecule has 0 saturated heterocycles. The van der Waals surface area contributed by atoms with Crippen LogP contribution in [0.1, 0.15) is 12.5 Å². The first-order chi connectivity index (χ1) is 14.9. The van der Waals surface area contributed by atoms with Gasteiger partial charge in [-0.15, -0.1) is 0 Å². The molecule has 4 aromatic rings. The molecule has 31 heavy (non-hydrogen) atoms. The fourth-order valence-electron chi connectivity index (χ4n) is 3.21. The highest BCUT2D eigenvalue weighted by Gasteiger charge is 2.15. The third-order valence-corrected chi connectivity index (χ3v) is 6.15. The van der Waals surface area contributed by atoms with E-state index in [2.05, 4.69) is 14.9 Å². The van der Waals surface area contributed by atoms with E-state index in [0.717, 1.165) is 27.6 Å². The molecule has 3 aromatic carbocycles. The predicted octanol–water partition coefficient (Wildman–Crippen LogP) is 4.29. The van der Waals surface area contributed by atoms with Crippen molar-refractivity contribution in [3.63, 3.8) is 0 Å². The number of benzene rings is 3. The van der Waals surface area contributed by atoms with Crippen molar-refractivity contribution in [2.45, 2.75) is 13.5 Å². The Balaban J connectivity index is 1.75. The van der Waals surface area contributed by atoms with E-state index >= 15 is 0 Å². The SMILES string of the molecule is CCS(=O)(=O)Nc1ccc(-c2cccc3[nH]nc(N)c23)cc1OCc1ccc(F)cc1. The standard InChI is InChI=1S/C22H21FN4O3S/c1-2-31(28,29)27-18-11-8-15(17-4-3-5-19-21(17)22(24)26-25-19)12-20(18)30-13-14-6-9-16(23)10-7-14/h3-12,27H,2,13H2,1H3,(H3,24,25,26). The minimum Gasteiger partial charge on any atom is -0.487 e. The van der Waals surface area contributed by atoms with E-state index in [1.165, 1.54) is 12.1 Å². The number of fused-ring (bicyclic) bond motifs is 1. The molecule has 0 aliphatic carbocycles. The van der Waals surface area contributed by atoms with Crippen molar-refractivity contribution in [1.29, 1.82) is 0 Å². The third-order valence-electron chi connectivity index (χ3n) is 4.86. The van der Waals surface area contributed by atoms with Gasteiger partial charge in [0.15, 0.2) is 5.82 Å². The lowest BCUT2D eigenvalue weighted by Gasteiger charge is -2.15. The third kappa shape index (κ3) is 4.46. The molecule has 0 fully saturated rings. The van der Waals surface area contributed by atoms with Crippen LogP contribution in [0.4, 0.5) is 15.9 Å². The number of hydrogen-bond acceptors (Lipinski definition) is 5. The molecule has 0 unspecified atom stereocenters. The van der Waals surface area contributed by atoms with Crippen LogP contribution >= 0.6 is 0 Å². The van der Waals surface area contributed by atoms with Crippen LogP contribution in [0.5, 0.6) is 5.75 Å². The van der Waals surface area contributed by atoms with Crippen molar-refractivity contribution in [2.24, 2.45) is 0 Å². The number of nitrogens with two attached hydrogens (primary N) is 1. The van der Waals surface area contributed by atoms with Gasteiger partial charge in [-0.1, -0.05) is 30.3 Å². The zero-order valence-corrected chi connectivity index (χ0v) is 17.5. The average Bonchev–Trinajstić information content (AvgIpc) is 3.15. The van der Waals surface area contributed by atoms with Crippen LogP contribution in [0.15, 0.2) is 60.7 Å². The van der Waals surface area contributed by atoms with Gasteiger partial charge in [-0.2, -0.15) is 5.10 Å². The van der Waals surface area contributed by atoms with Gasteiger partial charge in [-0.3, -0.25) is 9.82 Å². The Hall–Kier alpha value is -3.59. The summed E-state index contributed by atoms with van der Waals surface area (Å²) in [6.07, 6.45) is 0. The molecule has 0 radical (unpaired) electrons. The highest BCUT2D eigenvalue weighted by atomic mass is 32.2. The summed E-state index contributed by atoms with van der Waals surface area (Å²) in [5.74, 6) is 0.304. The molecule has 0 atom stereocenters. The van der Waals surface area contributed by atoms with Gasteiger partial charge in [-0.05, 0) is 53.9 Å². The van der Waals surface area contributed by atoms with E-state index in [1.54, 1.807) is 37.3 Å². The van der Waals surface area contributed by atoms with Crippen molar-refractivity contribution in [3.8, 4) is 16.9 Å². The Morgan fingerprint density at radius 3 is 2.65 bits per heavy atom. The molecule has 4 rings (SSSR count). The molecule has 0 saturated carbocycles. The molecule has 1 heterocycles. The van der Waals surface area contributed by atoms with E-state index in [4.69, 9.17) is 10.5 Å². The summed E-state index contributed by atoms with van der Waals surface area (Å²) in [4.78, 5) is 0. The highest BCUT2D eigenvalue weighted by Crippen LogP contribution is 2.36. The van der Waals surface area contributed by atoms with Gasteiger partial charge in [0.2, 0.25) is 10.0 Å². The maximum absolute atomic E-state index is 13.2. The number of ether oxygens (including phenoxy) is 1. The quantitative estimate of drug-likeness (QED) is 0.397. The smallest absolute Gasteiger partial charge is 0.232 e. The first-order valence-electron chi connectivity index (χ1n) is 9.61. The van der Waals surface area contributed by atoms with Crippen LogP contribution < -0.4 is 15.2 Å². The monoisotopic (exact) mass is 440 g/mol. The minimum absolute atomic E-state index is 0.0724. The summed E-state index contributed by atoms with van der Waals surface area (Å²) in [6.45, 7) is 1.70. The molecule has 0 spiro atoms. The second kappa shape index (κ2) is 8.27. The first kappa shape index (κ1) is 20.7. The number of H-pyrrole nitrogens is 1. The van der Waals surface area contributed by atoms with Crippen molar-refractivity contribution < 1.29 is 17.5 Å². The highest BCUT2D eigenvalue weighted by molar-refractivity contribution is 7.92. The van der Waals surface area contributed by atoms with E-state index in [0.29, 0.717) is 17.3 Å². The van der Waals surface area contributed by atoms with Crippen LogP contribution in [0.25, 0.3) is 22.0 Å². The van der Waals surface area contributed by atoms with Gasteiger partial charge < -0.3 is 10.5 Å². The van der Waals surface area contributed by atoms with Gasteiger partial charge >= 0.3 is 0 Å². The number of aromatic amines is 1. The number of aromatic nitrogens is 2. The number of hydrogen-bond donors (Lipinski definition) is 3. The maximum atomic E-state index is 13.2. The van der Waals surface area contributed by atoms with Crippen LogP contribution in [-0.4, -0.2) is 24.4 Å². The number of nitrogens with one attached hydrogen (secondary N) is 2. The molecule has 0 aliphatic rings. The van der Waals surface area contributed by atoms with Gasteiger partial charge in [0.1, 0.15) is 18.2 Å². The second-order valence-electron chi connectivity index (χ2n) is 6.97. The van der Waals surface area contributed by atoms with E-state index in [-0.39, 0.29) is 18.2 Å². The molecule has 160 valence electrons. The molecule has 9 heteroatoms. The summed E-state index contributed by atoms with van der Waals surface area (Å²) in [5.41, 5.74) is 9.51. The molecular weight excluding hydrogens is 419 g/mol. The summed E-state index contributed by atoms with van der Waals surface area (Å²) >= 11 is 0. The lowest BCUT2D eigenvalue weighted by atomic mass is 10.0. The van der Waals surface area contributed by atoms with Crippen molar-refractivity contribution >= 4 is 32.4 Å². The summed E-state index contributed by atoms with van der Waals surface area (Å²) < 4.78 is 45.9. The molecule has 0 bridgehead atoms. The second-order valence-corrected chi connectivity index (χ2v) is 8.98. The Morgan fingerprint density at radius 1 is 1.13 bits per heavy atom. The van der Waals surface area contributed by atoms with Crippen molar-refractivity contribution in [2.75, 3.05) is 16.2 Å². The number of rotatable bonds is 7. The van der Waals surface area contributed by atoms with E-state index in [9.17, 15) is 12.8 Å². The lowest BCUT2D eigenvalue weighted by molar-refractivity contribution is 0.308. The predicted molar refractivity (Wildman–Crippen MR) is 120 cm³/mol. The Kier molecular flexibility index (Phi) is 5.51. The van der Waals surface area contributed by atoms with E-state index in [1.807, 2.05) is 18.2 Å². The number of halogens is 1. The van der Waals surface area contributed by atoms with Gasteiger partial charge in [-0.25, -0.2) is 12.8 Å². The first-order valence-corrected chi connectivity index (χ1v) is 11.3. The largest absolute Gasteiger partial charge is 0.487 e. The van der Waals surface area contributed by atoms with E-state index < -0.39 is 10.0 Å². The zero-order valence-electron chi connectivity index (χ0n) is 16.7. The number of nitrogens with zero attached hydrogens (tertiary/aromatic N) is 1. The molecule has 0 aliphatic heterocycles. The number of anilines is 2.